The van der Waals surface area contributed by atoms with Gasteiger partial charge in [0.05, 0.1) is 0 Å². The van der Waals surface area contributed by atoms with Crippen molar-refractivity contribution in [3.8, 4) is 0 Å². The number of ether oxygens (including phenoxy) is 1. The Balaban J connectivity index is 1.87. The van der Waals surface area contributed by atoms with E-state index in [-0.39, 0.29) is 6.09 Å². The summed E-state index contributed by atoms with van der Waals surface area (Å²) in [4.78, 5) is 15.3. The van der Waals surface area contributed by atoms with Gasteiger partial charge in [0.1, 0.15) is 5.60 Å². The van der Waals surface area contributed by atoms with Gasteiger partial charge in [-0.3, -0.25) is 0 Å². The second kappa shape index (κ2) is 6.79. The van der Waals surface area contributed by atoms with Crippen LogP contribution in [0.5, 0.6) is 0 Å². The van der Waals surface area contributed by atoms with Crippen molar-refractivity contribution in [2.24, 2.45) is 0 Å². The Labute approximate surface area is 131 Å². The third-order valence-electron chi connectivity index (χ3n) is 3.53. The molecule has 0 aromatic carbocycles. The molecule has 2 heterocycles. The lowest BCUT2D eigenvalue weighted by Crippen LogP contribution is -2.49. The van der Waals surface area contributed by atoms with Crippen molar-refractivity contribution in [2.75, 3.05) is 13.1 Å². The van der Waals surface area contributed by atoms with Gasteiger partial charge in [0.15, 0.2) is 0 Å². The molecule has 0 spiro atoms. The lowest BCUT2D eigenvalue weighted by atomic mass is 10.0. The van der Waals surface area contributed by atoms with Crippen molar-refractivity contribution in [3.63, 3.8) is 0 Å². The molecule has 1 aromatic heterocycles. The van der Waals surface area contributed by atoms with Crippen LogP contribution >= 0.6 is 11.3 Å². The molecule has 1 aliphatic heterocycles. The molecule has 0 saturated carbocycles. The number of amides is 1. The maximum absolute atomic E-state index is 12.2. The van der Waals surface area contributed by atoms with Gasteiger partial charge in [-0.15, -0.1) is 11.3 Å². The van der Waals surface area contributed by atoms with E-state index in [0.717, 1.165) is 25.9 Å². The number of carbonyl (C=O) groups is 1. The van der Waals surface area contributed by atoms with Gasteiger partial charge in [-0.25, -0.2) is 4.79 Å². The zero-order chi connectivity index (χ0) is 15.5. The molecule has 2 rings (SSSR count). The molecule has 118 valence electrons. The van der Waals surface area contributed by atoms with Crippen LogP contribution in [-0.4, -0.2) is 35.7 Å². The number of piperidine rings is 1. The molecule has 1 aromatic rings. The van der Waals surface area contributed by atoms with Crippen LogP contribution in [0.4, 0.5) is 4.79 Å². The summed E-state index contributed by atoms with van der Waals surface area (Å²) in [7, 11) is 0. The summed E-state index contributed by atoms with van der Waals surface area (Å²) in [5.74, 6) is 0. The molecular weight excluding hydrogens is 284 g/mol. The SMILES string of the molecule is C[C@H](N[C@H]1CCCN(C(=O)OC(C)(C)C)C1)c1cccs1. The molecule has 1 fully saturated rings. The van der Waals surface area contributed by atoms with E-state index in [4.69, 9.17) is 4.74 Å². The highest BCUT2D eigenvalue weighted by atomic mass is 32.1. The molecule has 0 aliphatic carbocycles. The van der Waals surface area contributed by atoms with Crippen LogP contribution < -0.4 is 5.32 Å². The molecule has 1 saturated heterocycles. The number of nitrogens with one attached hydrogen (secondary N) is 1. The fourth-order valence-electron chi connectivity index (χ4n) is 2.58. The Bertz CT molecular complexity index is 453. The topological polar surface area (TPSA) is 41.6 Å². The van der Waals surface area contributed by atoms with Gasteiger partial charge in [0.2, 0.25) is 0 Å². The molecule has 5 heteroatoms. The van der Waals surface area contributed by atoms with Crippen molar-refractivity contribution in [3.05, 3.63) is 22.4 Å². The summed E-state index contributed by atoms with van der Waals surface area (Å²) in [6.45, 7) is 9.42. The summed E-state index contributed by atoms with van der Waals surface area (Å²) in [6, 6.07) is 4.89. The molecule has 0 radical (unpaired) electrons. The highest BCUT2D eigenvalue weighted by molar-refractivity contribution is 7.10. The van der Waals surface area contributed by atoms with E-state index < -0.39 is 5.60 Å². The lowest BCUT2D eigenvalue weighted by Gasteiger charge is -2.35. The minimum Gasteiger partial charge on any atom is -0.444 e. The first-order valence-corrected chi connectivity index (χ1v) is 8.50. The summed E-state index contributed by atoms with van der Waals surface area (Å²) >= 11 is 1.77. The van der Waals surface area contributed by atoms with Crippen LogP contribution in [0.2, 0.25) is 0 Å². The Kier molecular flexibility index (Phi) is 5.27. The van der Waals surface area contributed by atoms with E-state index in [1.807, 2.05) is 25.7 Å². The number of rotatable bonds is 3. The number of thiophene rings is 1. The maximum Gasteiger partial charge on any atom is 0.410 e. The average molecular weight is 310 g/mol. The van der Waals surface area contributed by atoms with Gasteiger partial charge >= 0.3 is 6.09 Å². The van der Waals surface area contributed by atoms with Crippen molar-refractivity contribution >= 4 is 17.4 Å². The Hall–Kier alpha value is -1.07. The predicted molar refractivity (Wildman–Crippen MR) is 86.7 cm³/mol. The van der Waals surface area contributed by atoms with Crippen LogP contribution in [0, 0.1) is 0 Å². The molecule has 1 N–H and O–H groups in total. The molecule has 0 bridgehead atoms. The summed E-state index contributed by atoms with van der Waals surface area (Å²) in [6.07, 6.45) is 1.93. The second-order valence-electron chi connectivity index (χ2n) is 6.67. The number of likely N-dealkylation sites (tertiary alicyclic amines) is 1. The van der Waals surface area contributed by atoms with Crippen LogP contribution in [0.3, 0.4) is 0 Å². The van der Waals surface area contributed by atoms with Crippen molar-refractivity contribution < 1.29 is 9.53 Å². The van der Waals surface area contributed by atoms with Gasteiger partial charge < -0.3 is 15.0 Å². The third kappa shape index (κ3) is 5.00. The van der Waals surface area contributed by atoms with Crippen molar-refractivity contribution in [2.45, 2.75) is 58.2 Å². The van der Waals surface area contributed by atoms with E-state index in [2.05, 4.69) is 29.8 Å². The van der Waals surface area contributed by atoms with Crippen molar-refractivity contribution in [1.82, 2.24) is 10.2 Å². The molecule has 1 amide bonds. The summed E-state index contributed by atoms with van der Waals surface area (Å²) in [5, 5.41) is 5.73. The highest BCUT2D eigenvalue weighted by Gasteiger charge is 2.28. The van der Waals surface area contributed by atoms with E-state index >= 15 is 0 Å². The second-order valence-corrected chi connectivity index (χ2v) is 7.65. The first-order valence-electron chi connectivity index (χ1n) is 7.62. The number of hydrogen-bond donors (Lipinski definition) is 1. The fraction of sp³-hybridized carbons (Fsp3) is 0.688. The zero-order valence-electron chi connectivity index (χ0n) is 13.4. The quantitative estimate of drug-likeness (QED) is 0.923. The zero-order valence-corrected chi connectivity index (χ0v) is 14.2. The minimum atomic E-state index is -0.429. The molecule has 21 heavy (non-hydrogen) atoms. The number of nitrogens with zero attached hydrogens (tertiary/aromatic N) is 1. The third-order valence-corrected chi connectivity index (χ3v) is 4.58. The smallest absolute Gasteiger partial charge is 0.410 e. The molecule has 4 nitrogen and oxygen atoms in total. The van der Waals surface area contributed by atoms with Gasteiger partial charge in [0.25, 0.3) is 0 Å². The van der Waals surface area contributed by atoms with Gasteiger partial charge in [-0.05, 0) is 52.0 Å². The summed E-state index contributed by atoms with van der Waals surface area (Å²) in [5.41, 5.74) is -0.429. The van der Waals surface area contributed by atoms with Gasteiger partial charge in [-0.2, -0.15) is 0 Å². The van der Waals surface area contributed by atoms with Crippen LogP contribution in [-0.2, 0) is 4.74 Å². The number of hydrogen-bond acceptors (Lipinski definition) is 4. The Morgan fingerprint density at radius 2 is 2.29 bits per heavy atom. The molecule has 2 atom stereocenters. The monoisotopic (exact) mass is 310 g/mol. The van der Waals surface area contributed by atoms with E-state index in [1.54, 1.807) is 11.3 Å². The molecular formula is C16H26N2O2S. The first kappa shape index (κ1) is 16.3. The van der Waals surface area contributed by atoms with Crippen molar-refractivity contribution in [1.29, 1.82) is 0 Å². The number of carbonyl (C=O) groups excluding carboxylic acids is 1. The van der Waals surface area contributed by atoms with Crippen LogP contribution in [0.15, 0.2) is 17.5 Å². The van der Waals surface area contributed by atoms with Crippen LogP contribution in [0.25, 0.3) is 0 Å². The largest absolute Gasteiger partial charge is 0.444 e. The first-order chi connectivity index (χ1) is 9.85. The molecule has 0 unspecified atom stereocenters. The fourth-order valence-corrected chi connectivity index (χ4v) is 3.32. The van der Waals surface area contributed by atoms with Crippen LogP contribution in [0.1, 0.15) is 51.5 Å². The molecule has 1 aliphatic rings. The van der Waals surface area contributed by atoms with E-state index in [1.165, 1.54) is 4.88 Å². The predicted octanol–water partition coefficient (Wildman–Crippen LogP) is 3.80. The minimum absolute atomic E-state index is 0.197. The average Bonchev–Trinajstić information content (AvgIpc) is 2.91. The lowest BCUT2D eigenvalue weighted by molar-refractivity contribution is 0.0184. The normalized spacial score (nSPS) is 21.1. The van der Waals surface area contributed by atoms with Gasteiger partial charge in [0, 0.05) is 30.1 Å². The standard InChI is InChI=1S/C16H26N2O2S/c1-12(14-8-6-10-21-14)17-13-7-5-9-18(11-13)15(19)20-16(2,3)4/h6,8,10,12-13,17H,5,7,9,11H2,1-4H3/t12-,13-/m0/s1. The Morgan fingerprint density at radius 3 is 2.90 bits per heavy atom. The van der Waals surface area contributed by atoms with E-state index in [0.29, 0.717) is 12.1 Å². The maximum atomic E-state index is 12.2. The van der Waals surface area contributed by atoms with Gasteiger partial charge in [-0.1, -0.05) is 6.07 Å². The highest BCUT2D eigenvalue weighted by Crippen LogP contribution is 2.21. The summed E-state index contributed by atoms with van der Waals surface area (Å²) < 4.78 is 5.46. The van der Waals surface area contributed by atoms with E-state index in [9.17, 15) is 4.79 Å². The Morgan fingerprint density at radius 1 is 1.52 bits per heavy atom.